The maximum atomic E-state index is 5.92. The molecule has 0 aliphatic heterocycles. The highest BCUT2D eigenvalue weighted by atomic mass is 16.4. The van der Waals surface area contributed by atoms with E-state index >= 15 is 0 Å². The fraction of sp³-hybridized carbons (Fsp3) is 0.467. The number of anilines is 1. The lowest BCUT2D eigenvalue weighted by Crippen LogP contribution is -1.97. The van der Waals surface area contributed by atoms with Crippen LogP contribution in [0.3, 0.4) is 0 Å². The first-order valence-corrected chi connectivity index (χ1v) is 6.98. The molecule has 100 valence electrons. The summed E-state index contributed by atoms with van der Waals surface area (Å²) in [5.41, 5.74) is 7.90. The Morgan fingerprint density at radius 1 is 1.11 bits per heavy atom. The minimum atomic E-state index is 0.489. The number of nitrogens with zero attached hydrogens (tertiary/aromatic N) is 2. The average Bonchev–Trinajstić information content (AvgIpc) is 3.09. The molecule has 0 unspecified atom stereocenters. The van der Waals surface area contributed by atoms with Gasteiger partial charge in [-0.2, -0.15) is 0 Å². The molecule has 0 saturated heterocycles. The van der Waals surface area contributed by atoms with Gasteiger partial charge < -0.3 is 10.2 Å². The summed E-state index contributed by atoms with van der Waals surface area (Å²) in [6.45, 7) is 0. The third kappa shape index (κ3) is 2.78. The molecular formula is C15H19N3O. The normalized spacial score (nSPS) is 16.0. The quantitative estimate of drug-likeness (QED) is 0.855. The highest BCUT2D eigenvalue weighted by Crippen LogP contribution is 2.33. The molecule has 1 aliphatic rings. The predicted molar refractivity (Wildman–Crippen MR) is 73.8 cm³/mol. The van der Waals surface area contributed by atoms with Crippen molar-refractivity contribution in [2.45, 2.75) is 44.4 Å². The van der Waals surface area contributed by atoms with Gasteiger partial charge >= 0.3 is 0 Å². The van der Waals surface area contributed by atoms with E-state index in [1.54, 1.807) is 0 Å². The standard InChI is InChI=1S/C15H19N3O/c16-13-8-4-3-5-11(13)9-10-14-17-18-15(19-14)12-6-1-2-7-12/h3-5,8,12H,1-2,6-7,9-10,16H2. The molecule has 19 heavy (non-hydrogen) atoms. The Kier molecular flexibility index (Phi) is 3.49. The van der Waals surface area contributed by atoms with E-state index in [9.17, 15) is 0 Å². The number of aryl methyl sites for hydroxylation is 2. The monoisotopic (exact) mass is 257 g/mol. The van der Waals surface area contributed by atoms with Crippen LogP contribution in [0.25, 0.3) is 0 Å². The van der Waals surface area contributed by atoms with Gasteiger partial charge in [0.15, 0.2) is 0 Å². The number of benzene rings is 1. The zero-order valence-corrected chi connectivity index (χ0v) is 11.0. The Balaban J connectivity index is 1.63. The smallest absolute Gasteiger partial charge is 0.219 e. The maximum Gasteiger partial charge on any atom is 0.219 e. The van der Waals surface area contributed by atoms with E-state index in [0.29, 0.717) is 5.92 Å². The van der Waals surface area contributed by atoms with E-state index < -0.39 is 0 Å². The van der Waals surface area contributed by atoms with Gasteiger partial charge in [0.25, 0.3) is 0 Å². The van der Waals surface area contributed by atoms with Crippen molar-refractivity contribution in [3.8, 4) is 0 Å². The summed E-state index contributed by atoms with van der Waals surface area (Å²) in [4.78, 5) is 0. The van der Waals surface area contributed by atoms with Crippen molar-refractivity contribution in [2.75, 3.05) is 5.73 Å². The molecule has 3 rings (SSSR count). The molecule has 0 amide bonds. The van der Waals surface area contributed by atoms with Crippen LogP contribution in [0.15, 0.2) is 28.7 Å². The second-order valence-corrected chi connectivity index (χ2v) is 5.21. The molecule has 2 aromatic rings. The van der Waals surface area contributed by atoms with Crippen LogP contribution in [0.4, 0.5) is 5.69 Å². The summed E-state index contributed by atoms with van der Waals surface area (Å²) >= 11 is 0. The molecule has 1 aromatic heterocycles. The third-order valence-electron chi connectivity index (χ3n) is 3.85. The van der Waals surface area contributed by atoms with Gasteiger partial charge in [-0.05, 0) is 30.9 Å². The second kappa shape index (κ2) is 5.43. The topological polar surface area (TPSA) is 64.9 Å². The van der Waals surface area contributed by atoms with Crippen molar-refractivity contribution in [3.63, 3.8) is 0 Å². The largest absolute Gasteiger partial charge is 0.425 e. The fourth-order valence-corrected chi connectivity index (χ4v) is 2.71. The SMILES string of the molecule is Nc1ccccc1CCc1nnc(C2CCCC2)o1. The van der Waals surface area contributed by atoms with Crippen molar-refractivity contribution in [2.24, 2.45) is 0 Å². The van der Waals surface area contributed by atoms with Gasteiger partial charge in [0, 0.05) is 18.0 Å². The molecule has 1 aromatic carbocycles. The number of aromatic nitrogens is 2. The molecule has 1 aliphatic carbocycles. The molecule has 0 atom stereocenters. The van der Waals surface area contributed by atoms with E-state index in [1.165, 1.54) is 25.7 Å². The number of hydrogen-bond donors (Lipinski definition) is 1. The van der Waals surface area contributed by atoms with E-state index in [4.69, 9.17) is 10.2 Å². The summed E-state index contributed by atoms with van der Waals surface area (Å²) in [5.74, 6) is 2.04. The van der Waals surface area contributed by atoms with Crippen LogP contribution < -0.4 is 5.73 Å². The minimum absolute atomic E-state index is 0.489. The van der Waals surface area contributed by atoms with Gasteiger partial charge in [-0.25, -0.2) is 0 Å². The number of hydrogen-bond acceptors (Lipinski definition) is 4. The van der Waals surface area contributed by atoms with Crippen LogP contribution >= 0.6 is 0 Å². The highest BCUT2D eigenvalue weighted by Gasteiger charge is 2.22. The Morgan fingerprint density at radius 3 is 2.68 bits per heavy atom. The summed E-state index contributed by atoms with van der Waals surface area (Å²) in [5, 5.41) is 8.33. The zero-order valence-electron chi connectivity index (χ0n) is 11.0. The first-order valence-electron chi connectivity index (χ1n) is 6.98. The molecular weight excluding hydrogens is 238 g/mol. The first-order chi connectivity index (χ1) is 9.33. The van der Waals surface area contributed by atoms with Crippen LogP contribution in [-0.2, 0) is 12.8 Å². The Hall–Kier alpha value is -1.84. The predicted octanol–water partition coefficient (Wildman–Crippen LogP) is 3.09. The average molecular weight is 257 g/mol. The zero-order chi connectivity index (χ0) is 13.1. The summed E-state index contributed by atoms with van der Waals surface area (Å²) in [6, 6.07) is 7.92. The summed E-state index contributed by atoms with van der Waals surface area (Å²) < 4.78 is 5.77. The van der Waals surface area contributed by atoms with Gasteiger partial charge in [-0.3, -0.25) is 0 Å². The fourth-order valence-electron chi connectivity index (χ4n) is 2.71. The first kappa shape index (κ1) is 12.2. The van der Waals surface area contributed by atoms with Gasteiger partial charge in [-0.1, -0.05) is 31.0 Å². The molecule has 0 radical (unpaired) electrons. The second-order valence-electron chi connectivity index (χ2n) is 5.21. The van der Waals surface area contributed by atoms with Crippen molar-refractivity contribution in [1.82, 2.24) is 10.2 Å². The summed E-state index contributed by atoms with van der Waals surface area (Å²) in [7, 11) is 0. The van der Waals surface area contributed by atoms with Crippen molar-refractivity contribution in [1.29, 1.82) is 0 Å². The van der Waals surface area contributed by atoms with Crippen molar-refractivity contribution >= 4 is 5.69 Å². The maximum absolute atomic E-state index is 5.92. The third-order valence-corrected chi connectivity index (χ3v) is 3.85. The van der Waals surface area contributed by atoms with E-state index in [2.05, 4.69) is 10.2 Å². The van der Waals surface area contributed by atoms with Crippen LogP contribution in [0, 0.1) is 0 Å². The van der Waals surface area contributed by atoms with Crippen LogP contribution in [0.2, 0.25) is 0 Å². The number of nitrogens with two attached hydrogens (primary N) is 1. The highest BCUT2D eigenvalue weighted by molar-refractivity contribution is 5.46. The molecule has 1 saturated carbocycles. The molecule has 0 bridgehead atoms. The van der Waals surface area contributed by atoms with Gasteiger partial charge in [0.1, 0.15) is 0 Å². The Bertz CT molecular complexity index is 544. The van der Waals surface area contributed by atoms with Crippen molar-refractivity contribution in [3.05, 3.63) is 41.6 Å². The molecule has 2 N–H and O–H groups in total. The molecule has 4 nitrogen and oxygen atoms in total. The van der Waals surface area contributed by atoms with E-state index in [-0.39, 0.29) is 0 Å². The van der Waals surface area contributed by atoms with E-state index in [1.807, 2.05) is 24.3 Å². The Morgan fingerprint density at radius 2 is 1.89 bits per heavy atom. The number of para-hydroxylation sites is 1. The van der Waals surface area contributed by atoms with Gasteiger partial charge in [0.05, 0.1) is 0 Å². The van der Waals surface area contributed by atoms with E-state index in [0.717, 1.165) is 35.9 Å². The lowest BCUT2D eigenvalue weighted by molar-refractivity contribution is 0.416. The van der Waals surface area contributed by atoms with Crippen LogP contribution in [0.5, 0.6) is 0 Å². The van der Waals surface area contributed by atoms with Crippen LogP contribution in [-0.4, -0.2) is 10.2 Å². The molecule has 0 spiro atoms. The Labute approximate surface area is 113 Å². The minimum Gasteiger partial charge on any atom is -0.425 e. The van der Waals surface area contributed by atoms with Crippen molar-refractivity contribution < 1.29 is 4.42 Å². The van der Waals surface area contributed by atoms with Crippen LogP contribution in [0.1, 0.15) is 48.9 Å². The molecule has 4 heteroatoms. The summed E-state index contributed by atoms with van der Waals surface area (Å²) in [6.07, 6.45) is 6.54. The number of rotatable bonds is 4. The lowest BCUT2D eigenvalue weighted by atomic mass is 10.1. The molecule has 1 fully saturated rings. The lowest BCUT2D eigenvalue weighted by Gasteiger charge is -2.03. The van der Waals surface area contributed by atoms with Gasteiger partial charge in [0.2, 0.25) is 11.8 Å². The van der Waals surface area contributed by atoms with Gasteiger partial charge in [-0.15, -0.1) is 10.2 Å². The molecule has 1 heterocycles. The number of nitrogen functional groups attached to an aromatic ring is 1.